The topological polar surface area (TPSA) is 101 Å². The molecule has 0 unspecified atom stereocenters. The molecule has 1 aliphatic rings. The SMILES string of the molecule is Nc1nc(C2Cc3ccccc3C2)nc2[nH]nc(-c3cc(O)cc(Cl)c3)c12. The molecule has 0 atom stereocenters. The lowest BCUT2D eigenvalue weighted by Crippen LogP contribution is -2.07. The molecular weight excluding hydrogens is 362 g/mol. The van der Waals surface area contributed by atoms with E-state index in [1.54, 1.807) is 12.1 Å². The zero-order valence-corrected chi connectivity index (χ0v) is 15.0. The van der Waals surface area contributed by atoms with Crippen LogP contribution in [0.25, 0.3) is 22.3 Å². The first-order valence-corrected chi connectivity index (χ1v) is 9.04. The van der Waals surface area contributed by atoms with Crippen LogP contribution in [0.1, 0.15) is 22.9 Å². The van der Waals surface area contributed by atoms with Crippen molar-refractivity contribution in [3.63, 3.8) is 0 Å². The molecule has 0 saturated carbocycles. The van der Waals surface area contributed by atoms with Gasteiger partial charge < -0.3 is 10.8 Å². The number of aromatic nitrogens is 4. The van der Waals surface area contributed by atoms with Gasteiger partial charge in [-0.25, -0.2) is 9.97 Å². The van der Waals surface area contributed by atoms with E-state index in [2.05, 4.69) is 44.4 Å². The summed E-state index contributed by atoms with van der Waals surface area (Å²) in [6.45, 7) is 0. The fraction of sp³-hybridized carbons (Fsp3) is 0.150. The van der Waals surface area contributed by atoms with Crippen molar-refractivity contribution in [3.8, 4) is 17.0 Å². The molecule has 1 aliphatic carbocycles. The highest BCUT2D eigenvalue weighted by molar-refractivity contribution is 6.31. The molecule has 0 bridgehead atoms. The Morgan fingerprint density at radius 3 is 2.52 bits per heavy atom. The second-order valence-electron chi connectivity index (χ2n) is 6.83. The lowest BCUT2D eigenvalue weighted by atomic mass is 10.0. The molecule has 5 rings (SSSR count). The minimum absolute atomic E-state index is 0.0634. The van der Waals surface area contributed by atoms with E-state index in [0.717, 1.165) is 18.7 Å². The van der Waals surface area contributed by atoms with Crippen molar-refractivity contribution < 1.29 is 5.11 Å². The number of H-pyrrole nitrogens is 1. The Bertz CT molecular complexity index is 1140. The Morgan fingerprint density at radius 1 is 1.07 bits per heavy atom. The van der Waals surface area contributed by atoms with E-state index in [9.17, 15) is 5.11 Å². The highest BCUT2D eigenvalue weighted by atomic mass is 35.5. The average Bonchev–Trinajstić information content (AvgIpc) is 3.25. The number of nitrogens with zero attached hydrogens (tertiary/aromatic N) is 3. The Balaban J connectivity index is 1.58. The van der Waals surface area contributed by atoms with Crippen LogP contribution in [0.15, 0.2) is 42.5 Å². The number of aromatic hydroxyl groups is 1. The Hall–Kier alpha value is -3.12. The van der Waals surface area contributed by atoms with Gasteiger partial charge in [-0.1, -0.05) is 35.9 Å². The second-order valence-corrected chi connectivity index (χ2v) is 7.27. The summed E-state index contributed by atoms with van der Waals surface area (Å²) in [6, 6.07) is 13.2. The maximum absolute atomic E-state index is 9.82. The number of rotatable bonds is 2. The maximum atomic E-state index is 9.82. The number of nitrogens with two attached hydrogens (primary N) is 1. The zero-order valence-electron chi connectivity index (χ0n) is 14.3. The summed E-state index contributed by atoms with van der Waals surface area (Å²) >= 11 is 6.05. The van der Waals surface area contributed by atoms with Gasteiger partial charge in [0.15, 0.2) is 5.65 Å². The summed E-state index contributed by atoms with van der Waals surface area (Å²) in [7, 11) is 0. The van der Waals surface area contributed by atoms with Gasteiger partial charge >= 0.3 is 0 Å². The third-order valence-electron chi connectivity index (χ3n) is 5.04. The zero-order chi connectivity index (χ0) is 18.5. The number of nitrogen functional groups attached to an aromatic ring is 1. The molecule has 2 aromatic heterocycles. The van der Waals surface area contributed by atoms with Crippen molar-refractivity contribution in [3.05, 3.63) is 64.4 Å². The van der Waals surface area contributed by atoms with Crippen LogP contribution in [0.2, 0.25) is 5.02 Å². The van der Waals surface area contributed by atoms with Crippen molar-refractivity contribution in [1.29, 1.82) is 0 Å². The molecule has 7 heteroatoms. The normalized spacial score (nSPS) is 14.0. The third-order valence-corrected chi connectivity index (χ3v) is 5.26. The van der Waals surface area contributed by atoms with Crippen LogP contribution in [-0.2, 0) is 12.8 Å². The van der Waals surface area contributed by atoms with Crippen LogP contribution >= 0.6 is 11.6 Å². The molecule has 0 fully saturated rings. The summed E-state index contributed by atoms with van der Waals surface area (Å²) < 4.78 is 0. The van der Waals surface area contributed by atoms with Crippen LogP contribution in [0, 0.1) is 0 Å². The van der Waals surface area contributed by atoms with Gasteiger partial charge in [-0.15, -0.1) is 0 Å². The third kappa shape index (κ3) is 2.69. The van der Waals surface area contributed by atoms with Gasteiger partial charge in [0.05, 0.1) is 5.39 Å². The largest absolute Gasteiger partial charge is 0.508 e. The van der Waals surface area contributed by atoms with Crippen molar-refractivity contribution in [2.24, 2.45) is 0 Å². The predicted molar refractivity (Wildman–Crippen MR) is 105 cm³/mol. The van der Waals surface area contributed by atoms with Crippen molar-refractivity contribution in [2.45, 2.75) is 18.8 Å². The molecule has 4 aromatic rings. The van der Waals surface area contributed by atoms with Crippen LogP contribution in [0.3, 0.4) is 0 Å². The first kappa shape index (κ1) is 16.1. The number of halogens is 1. The summed E-state index contributed by atoms with van der Waals surface area (Å²) in [5.74, 6) is 1.36. The number of phenols is 1. The lowest BCUT2D eigenvalue weighted by Gasteiger charge is -2.09. The molecule has 0 saturated heterocycles. The van der Waals surface area contributed by atoms with Crippen molar-refractivity contribution in [1.82, 2.24) is 20.2 Å². The molecule has 0 aliphatic heterocycles. The van der Waals surface area contributed by atoms with Gasteiger partial charge in [0.25, 0.3) is 0 Å². The standard InChI is InChI=1S/C20H16ClN5O/c21-14-7-12(8-15(27)9-14)17-16-18(22)23-19(24-20(16)26-25-17)13-5-10-3-1-2-4-11(10)6-13/h1-4,7-9,13,27H,5-6H2,(H3,22,23,24,25,26). The van der Waals surface area contributed by atoms with Gasteiger partial charge in [-0.05, 0) is 42.2 Å². The van der Waals surface area contributed by atoms with Gasteiger partial charge in [-0.3, -0.25) is 5.10 Å². The second kappa shape index (κ2) is 5.96. The number of aromatic amines is 1. The minimum Gasteiger partial charge on any atom is -0.508 e. The molecule has 4 N–H and O–H groups in total. The first-order valence-electron chi connectivity index (χ1n) is 8.66. The Kier molecular flexibility index (Phi) is 3.55. The molecule has 134 valence electrons. The fourth-order valence-electron chi connectivity index (χ4n) is 3.82. The van der Waals surface area contributed by atoms with E-state index in [-0.39, 0.29) is 11.7 Å². The number of benzene rings is 2. The van der Waals surface area contributed by atoms with Crippen LogP contribution in [-0.4, -0.2) is 25.3 Å². The summed E-state index contributed by atoms with van der Waals surface area (Å²) in [5.41, 5.74) is 10.8. The smallest absolute Gasteiger partial charge is 0.161 e. The number of nitrogens with one attached hydrogen (secondary N) is 1. The summed E-state index contributed by atoms with van der Waals surface area (Å²) in [6.07, 6.45) is 1.81. The van der Waals surface area contributed by atoms with Gasteiger partial charge in [0, 0.05) is 16.5 Å². The number of fused-ring (bicyclic) bond motifs is 2. The molecule has 6 nitrogen and oxygen atoms in total. The Labute approximate surface area is 160 Å². The highest BCUT2D eigenvalue weighted by Crippen LogP contribution is 2.36. The summed E-state index contributed by atoms with van der Waals surface area (Å²) in [5, 5.41) is 18.2. The van der Waals surface area contributed by atoms with E-state index < -0.39 is 0 Å². The van der Waals surface area contributed by atoms with E-state index in [1.807, 2.05) is 0 Å². The highest BCUT2D eigenvalue weighted by Gasteiger charge is 2.26. The molecule has 2 aromatic carbocycles. The molecule has 0 radical (unpaired) electrons. The first-order chi connectivity index (χ1) is 13.1. The molecule has 2 heterocycles. The van der Waals surface area contributed by atoms with E-state index in [0.29, 0.717) is 33.1 Å². The van der Waals surface area contributed by atoms with E-state index in [1.165, 1.54) is 17.2 Å². The number of hydrogen-bond donors (Lipinski definition) is 3. The Morgan fingerprint density at radius 2 is 1.81 bits per heavy atom. The lowest BCUT2D eigenvalue weighted by molar-refractivity contribution is 0.475. The monoisotopic (exact) mass is 377 g/mol. The van der Waals surface area contributed by atoms with Crippen molar-refractivity contribution >= 4 is 28.5 Å². The van der Waals surface area contributed by atoms with Crippen LogP contribution < -0.4 is 5.73 Å². The van der Waals surface area contributed by atoms with Gasteiger partial charge in [0.2, 0.25) is 0 Å². The van der Waals surface area contributed by atoms with Crippen LogP contribution in [0.5, 0.6) is 5.75 Å². The van der Waals surface area contributed by atoms with Crippen LogP contribution in [0.4, 0.5) is 5.82 Å². The number of hydrogen-bond acceptors (Lipinski definition) is 5. The van der Waals surface area contributed by atoms with E-state index in [4.69, 9.17) is 17.3 Å². The van der Waals surface area contributed by atoms with E-state index >= 15 is 0 Å². The predicted octanol–water partition coefficient (Wildman–Crippen LogP) is 3.84. The number of anilines is 1. The fourth-order valence-corrected chi connectivity index (χ4v) is 4.05. The molecule has 0 amide bonds. The van der Waals surface area contributed by atoms with Crippen molar-refractivity contribution in [2.75, 3.05) is 5.73 Å². The van der Waals surface area contributed by atoms with Gasteiger partial charge in [0.1, 0.15) is 23.1 Å². The summed E-state index contributed by atoms with van der Waals surface area (Å²) in [4.78, 5) is 9.27. The quantitative estimate of drug-likeness (QED) is 0.492. The van der Waals surface area contributed by atoms with Gasteiger partial charge in [-0.2, -0.15) is 5.10 Å². The maximum Gasteiger partial charge on any atom is 0.161 e. The minimum atomic E-state index is 0.0634. The molecule has 27 heavy (non-hydrogen) atoms. The molecule has 0 spiro atoms. The number of phenolic OH excluding ortho intramolecular Hbond substituents is 1. The molecular formula is C20H16ClN5O. The average molecular weight is 378 g/mol.